The van der Waals surface area contributed by atoms with Crippen molar-refractivity contribution in [3.8, 4) is 0 Å². The molecule has 0 fully saturated rings. The van der Waals surface area contributed by atoms with E-state index in [2.05, 4.69) is 22.2 Å². The second-order valence-corrected chi connectivity index (χ2v) is 5.91. The standard InChI is InChI=1S/C16H21N3OS/c1-2-3-8-18-15(20)11-14-12-21-16(19-14)5-4-13-6-9-17-10-7-13/h6-7,9-10,12H,2-5,8,11H2,1H3,(H,18,20). The molecule has 0 unspecified atom stereocenters. The molecule has 4 nitrogen and oxygen atoms in total. The van der Waals surface area contributed by atoms with Crippen LogP contribution in [-0.2, 0) is 24.1 Å². The van der Waals surface area contributed by atoms with Gasteiger partial charge in [-0.2, -0.15) is 0 Å². The Balaban J connectivity index is 1.77. The summed E-state index contributed by atoms with van der Waals surface area (Å²) in [5.41, 5.74) is 2.14. The summed E-state index contributed by atoms with van der Waals surface area (Å²) in [5, 5.41) is 5.99. The molecule has 0 radical (unpaired) electrons. The summed E-state index contributed by atoms with van der Waals surface area (Å²) in [4.78, 5) is 20.3. The molecule has 0 saturated heterocycles. The number of rotatable bonds is 8. The van der Waals surface area contributed by atoms with Gasteiger partial charge in [-0.3, -0.25) is 9.78 Å². The molecule has 0 saturated carbocycles. The number of amides is 1. The highest BCUT2D eigenvalue weighted by Crippen LogP contribution is 2.13. The van der Waals surface area contributed by atoms with Gasteiger partial charge in [0.1, 0.15) is 0 Å². The van der Waals surface area contributed by atoms with Crippen molar-refractivity contribution in [1.82, 2.24) is 15.3 Å². The van der Waals surface area contributed by atoms with Crippen molar-refractivity contribution in [2.45, 2.75) is 39.0 Å². The first-order chi connectivity index (χ1) is 10.3. The highest BCUT2D eigenvalue weighted by molar-refractivity contribution is 7.09. The highest BCUT2D eigenvalue weighted by atomic mass is 32.1. The smallest absolute Gasteiger partial charge is 0.226 e. The Kier molecular flexibility index (Phi) is 6.34. The first kappa shape index (κ1) is 15.6. The molecule has 2 aromatic rings. The molecule has 1 amide bonds. The van der Waals surface area contributed by atoms with Crippen LogP contribution in [0.3, 0.4) is 0 Å². The summed E-state index contributed by atoms with van der Waals surface area (Å²) in [6.45, 7) is 2.87. The van der Waals surface area contributed by atoms with Crippen LogP contribution in [0.25, 0.3) is 0 Å². The van der Waals surface area contributed by atoms with Crippen molar-refractivity contribution >= 4 is 17.2 Å². The number of unbranched alkanes of at least 4 members (excludes halogenated alkanes) is 1. The van der Waals surface area contributed by atoms with E-state index in [0.717, 1.165) is 42.9 Å². The van der Waals surface area contributed by atoms with Gasteiger partial charge in [0.15, 0.2) is 0 Å². The largest absolute Gasteiger partial charge is 0.356 e. The quantitative estimate of drug-likeness (QED) is 0.763. The fourth-order valence-corrected chi connectivity index (χ4v) is 2.78. The number of aromatic nitrogens is 2. The van der Waals surface area contributed by atoms with Crippen molar-refractivity contribution in [1.29, 1.82) is 0 Å². The lowest BCUT2D eigenvalue weighted by atomic mass is 10.1. The van der Waals surface area contributed by atoms with E-state index in [4.69, 9.17) is 0 Å². The van der Waals surface area contributed by atoms with Crippen LogP contribution in [0, 0.1) is 0 Å². The summed E-state index contributed by atoms with van der Waals surface area (Å²) in [6, 6.07) is 4.05. The maximum atomic E-state index is 11.7. The topological polar surface area (TPSA) is 54.9 Å². The molecular weight excluding hydrogens is 282 g/mol. The van der Waals surface area contributed by atoms with E-state index in [1.807, 2.05) is 29.9 Å². The predicted molar refractivity (Wildman–Crippen MR) is 85.4 cm³/mol. The van der Waals surface area contributed by atoms with Crippen LogP contribution in [0.4, 0.5) is 0 Å². The van der Waals surface area contributed by atoms with E-state index in [1.165, 1.54) is 5.56 Å². The normalized spacial score (nSPS) is 10.5. The van der Waals surface area contributed by atoms with Crippen molar-refractivity contribution < 1.29 is 4.79 Å². The molecule has 0 aliphatic heterocycles. The van der Waals surface area contributed by atoms with E-state index in [0.29, 0.717) is 6.42 Å². The van der Waals surface area contributed by atoms with E-state index >= 15 is 0 Å². The van der Waals surface area contributed by atoms with E-state index < -0.39 is 0 Å². The summed E-state index contributed by atoms with van der Waals surface area (Å²) < 4.78 is 0. The van der Waals surface area contributed by atoms with Gasteiger partial charge in [-0.05, 0) is 30.5 Å². The van der Waals surface area contributed by atoms with Crippen LogP contribution in [0.15, 0.2) is 29.9 Å². The average molecular weight is 303 g/mol. The van der Waals surface area contributed by atoms with Crippen LogP contribution in [0.1, 0.15) is 36.0 Å². The van der Waals surface area contributed by atoms with Crippen LogP contribution in [-0.4, -0.2) is 22.4 Å². The molecule has 0 aliphatic rings. The molecule has 21 heavy (non-hydrogen) atoms. The first-order valence-electron chi connectivity index (χ1n) is 7.37. The molecule has 5 heteroatoms. The lowest BCUT2D eigenvalue weighted by molar-refractivity contribution is -0.120. The van der Waals surface area contributed by atoms with Crippen molar-refractivity contribution in [3.63, 3.8) is 0 Å². The second-order valence-electron chi connectivity index (χ2n) is 4.97. The number of carbonyl (C=O) groups excluding carboxylic acids is 1. The zero-order valence-corrected chi connectivity index (χ0v) is 13.2. The van der Waals surface area contributed by atoms with Gasteiger partial charge < -0.3 is 5.32 Å². The number of pyridine rings is 1. The third-order valence-electron chi connectivity index (χ3n) is 3.17. The zero-order chi connectivity index (χ0) is 14.9. The van der Waals surface area contributed by atoms with Gasteiger partial charge in [-0.15, -0.1) is 11.3 Å². The number of nitrogens with zero attached hydrogens (tertiary/aromatic N) is 2. The lowest BCUT2D eigenvalue weighted by Crippen LogP contribution is -2.26. The highest BCUT2D eigenvalue weighted by Gasteiger charge is 2.07. The molecule has 0 aliphatic carbocycles. The van der Waals surface area contributed by atoms with Gasteiger partial charge in [0.2, 0.25) is 5.91 Å². The molecule has 0 spiro atoms. The second kappa shape index (κ2) is 8.52. The van der Waals surface area contributed by atoms with Crippen LogP contribution in [0.2, 0.25) is 0 Å². The fraction of sp³-hybridized carbons (Fsp3) is 0.438. The van der Waals surface area contributed by atoms with Crippen molar-refractivity contribution in [2.75, 3.05) is 6.54 Å². The Hall–Kier alpha value is -1.75. The number of thiazole rings is 1. The van der Waals surface area contributed by atoms with Crippen LogP contribution >= 0.6 is 11.3 Å². The fourth-order valence-electron chi connectivity index (χ4n) is 1.98. The molecule has 0 aromatic carbocycles. The number of hydrogen-bond donors (Lipinski definition) is 1. The molecular formula is C16H21N3OS. The van der Waals surface area contributed by atoms with Crippen molar-refractivity contribution in [3.05, 3.63) is 46.2 Å². The Morgan fingerprint density at radius 2 is 2.10 bits per heavy atom. The Morgan fingerprint density at radius 3 is 2.86 bits per heavy atom. The predicted octanol–water partition coefficient (Wildman–Crippen LogP) is 2.78. The zero-order valence-electron chi connectivity index (χ0n) is 12.3. The van der Waals surface area contributed by atoms with E-state index in [9.17, 15) is 4.79 Å². The number of aryl methyl sites for hydroxylation is 2. The van der Waals surface area contributed by atoms with Crippen LogP contribution < -0.4 is 5.32 Å². The van der Waals surface area contributed by atoms with Gasteiger partial charge in [0.25, 0.3) is 0 Å². The summed E-state index contributed by atoms with van der Waals surface area (Å²) in [7, 11) is 0. The van der Waals surface area contributed by atoms with Gasteiger partial charge in [-0.1, -0.05) is 13.3 Å². The maximum absolute atomic E-state index is 11.7. The van der Waals surface area contributed by atoms with Gasteiger partial charge in [0, 0.05) is 30.7 Å². The third kappa shape index (κ3) is 5.63. The first-order valence-corrected chi connectivity index (χ1v) is 8.24. The minimum absolute atomic E-state index is 0.0643. The number of nitrogens with one attached hydrogen (secondary N) is 1. The van der Waals surface area contributed by atoms with Gasteiger partial charge >= 0.3 is 0 Å². The molecule has 0 atom stereocenters. The molecule has 0 bridgehead atoms. The average Bonchev–Trinajstić information content (AvgIpc) is 2.94. The van der Waals surface area contributed by atoms with Gasteiger partial charge in [0.05, 0.1) is 17.1 Å². The minimum atomic E-state index is 0.0643. The SMILES string of the molecule is CCCCNC(=O)Cc1csc(CCc2ccncc2)n1. The van der Waals surface area contributed by atoms with Crippen molar-refractivity contribution in [2.24, 2.45) is 0 Å². The van der Waals surface area contributed by atoms with Gasteiger partial charge in [-0.25, -0.2) is 4.98 Å². The van der Waals surface area contributed by atoms with E-state index in [1.54, 1.807) is 11.3 Å². The summed E-state index contributed by atoms with van der Waals surface area (Å²) >= 11 is 1.63. The third-order valence-corrected chi connectivity index (χ3v) is 4.13. The Labute approximate surface area is 129 Å². The number of carbonyl (C=O) groups is 1. The summed E-state index contributed by atoms with van der Waals surface area (Å²) in [6.07, 6.45) is 7.99. The van der Waals surface area contributed by atoms with E-state index in [-0.39, 0.29) is 5.91 Å². The monoisotopic (exact) mass is 303 g/mol. The molecule has 1 N–H and O–H groups in total. The lowest BCUT2D eigenvalue weighted by Gasteiger charge is -2.02. The number of hydrogen-bond acceptors (Lipinski definition) is 4. The molecule has 112 valence electrons. The minimum Gasteiger partial charge on any atom is -0.356 e. The molecule has 2 rings (SSSR count). The summed E-state index contributed by atoms with van der Waals surface area (Å²) in [5.74, 6) is 0.0643. The molecule has 2 heterocycles. The Morgan fingerprint density at radius 1 is 1.29 bits per heavy atom. The van der Waals surface area contributed by atoms with Crippen LogP contribution in [0.5, 0.6) is 0 Å². The Bertz CT molecular complexity index is 554. The maximum Gasteiger partial charge on any atom is 0.226 e. The molecule has 2 aromatic heterocycles.